The van der Waals surface area contributed by atoms with Crippen LogP contribution < -0.4 is 5.32 Å². The van der Waals surface area contributed by atoms with Crippen molar-refractivity contribution in [3.8, 4) is 0 Å². The number of carbonyl (C=O) groups excluding carboxylic acids is 2. The fraction of sp³-hybridized carbons (Fsp3) is 0.600. The summed E-state index contributed by atoms with van der Waals surface area (Å²) in [7, 11) is 1.26. The summed E-state index contributed by atoms with van der Waals surface area (Å²) in [5, 5.41) is 2.47. The molecular weight excluding hydrogens is 182 g/mol. The summed E-state index contributed by atoms with van der Waals surface area (Å²) in [4.78, 5) is 22.5. The average Bonchev–Trinajstić information content (AvgIpc) is 2.15. The van der Waals surface area contributed by atoms with Gasteiger partial charge in [-0.1, -0.05) is 19.9 Å². The third kappa shape index (κ3) is 4.07. The molecule has 0 bridgehead atoms. The molecule has 1 N–H and O–H groups in total. The van der Waals surface area contributed by atoms with Crippen molar-refractivity contribution < 1.29 is 14.3 Å². The minimum absolute atomic E-state index is 0.0182. The molecule has 0 aliphatic heterocycles. The van der Waals surface area contributed by atoms with Crippen LogP contribution in [0.4, 0.5) is 4.79 Å². The lowest BCUT2D eigenvalue weighted by Crippen LogP contribution is -2.42. The lowest BCUT2D eigenvalue weighted by atomic mass is 9.99. The Morgan fingerprint density at radius 1 is 1.50 bits per heavy atom. The number of methoxy groups -OCH3 is 1. The standard InChI is InChI=1S/C10H17NO3/c1-5-6-8(9(12)7(2)3)11-10(13)14-4/h5,7-8H,1,6H2,2-4H3,(H,11,13)/t8-/m0/s1. The van der Waals surface area contributed by atoms with Crippen LogP contribution in [0.5, 0.6) is 0 Å². The highest BCUT2D eigenvalue weighted by Crippen LogP contribution is 2.04. The monoisotopic (exact) mass is 199 g/mol. The Morgan fingerprint density at radius 3 is 2.43 bits per heavy atom. The molecule has 0 heterocycles. The number of nitrogens with one attached hydrogen (secondary N) is 1. The van der Waals surface area contributed by atoms with Gasteiger partial charge in [-0.25, -0.2) is 4.79 Å². The summed E-state index contributed by atoms with van der Waals surface area (Å²) in [5.41, 5.74) is 0. The van der Waals surface area contributed by atoms with Gasteiger partial charge in [-0.3, -0.25) is 4.79 Å². The molecule has 0 rings (SSSR count). The number of carbonyl (C=O) groups is 2. The first kappa shape index (κ1) is 12.7. The molecule has 14 heavy (non-hydrogen) atoms. The first-order valence-electron chi connectivity index (χ1n) is 4.52. The maximum absolute atomic E-state index is 11.6. The molecule has 0 aliphatic carbocycles. The van der Waals surface area contributed by atoms with Gasteiger partial charge in [-0.05, 0) is 6.42 Å². The summed E-state index contributed by atoms with van der Waals surface area (Å²) in [6.07, 6.45) is 1.43. The molecule has 0 aromatic rings. The molecule has 4 heteroatoms. The topological polar surface area (TPSA) is 55.4 Å². The first-order valence-corrected chi connectivity index (χ1v) is 4.52. The van der Waals surface area contributed by atoms with Crippen LogP contribution in [0.2, 0.25) is 0 Å². The van der Waals surface area contributed by atoms with Gasteiger partial charge in [0, 0.05) is 5.92 Å². The van der Waals surface area contributed by atoms with Gasteiger partial charge < -0.3 is 10.1 Å². The van der Waals surface area contributed by atoms with Crippen LogP contribution in [0, 0.1) is 5.92 Å². The van der Waals surface area contributed by atoms with Gasteiger partial charge in [-0.2, -0.15) is 0 Å². The van der Waals surface area contributed by atoms with E-state index < -0.39 is 12.1 Å². The van der Waals surface area contributed by atoms with Gasteiger partial charge in [0.25, 0.3) is 0 Å². The van der Waals surface area contributed by atoms with E-state index in [9.17, 15) is 9.59 Å². The molecule has 0 saturated carbocycles. The second-order valence-electron chi connectivity index (χ2n) is 3.27. The number of alkyl carbamates (subject to hydrolysis) is 1. The molecule has 0 saturated heterocycles. The Kier molecular flexibility index (Phi) is 5.60. The Hall–Kier alpha value is -1.32. The van der Waals surface area contributed by atoms with E-state index in [-0.39, 0.29) is 11.7 Å². The van der Waals surface area contributed by atoms with Crippen molar-refractivity contribution in [1.82, 2.24) is 5.32 Å². The van der Waals surface area contributed by atoms with Crippen LogP contribution in [0.25, 0.3) is 0 Å². The summed E-state index contributed by atoms with van der Waals surface area (Å²) in [5.74, 6) is -0.132. The smallest absolute Gasteiger partial charge is 0.407 e. The van der Waals surface area contributed by atoms with Gasteiger partial charge >= 0.3 is 6.09 Å². The molecule has 0 aromatic heterocycles. The van der Waals surface area contributed by atoms with Crippen LogP contribution >= 0.6 is 0 Å². The predicted octanol–water partition coefficient (Wildman–Crippen LogP) is 1.51. The maximum Gasteiger partial charge on any atom is 0.407 e. The number of hydrogen-bond donors (Lipinski definition) is 1. The molecule has 0 unspecified atom stereocenters. The van der Waals surface area contributed by atoms with E-state index in [4.69, 9.17) is 0 Å². The summed E-state index contributed by atoms with van der Waals surface area (Å²) in [6, 6.07) is -0.528. The van der Waals surface area contributed by atoms with Gasteiger partial charge in [0.05, 0.1) is 13.2 Å². The summed E-state index contributed by atoms with van der Waals surface area (Å²) in [6.45, 7) is 7.11. The molecule has 0 aliphatic rings. The highest BCUT2D eigenvalue weighted by Gasteiger charge is 2.21. The van der Waals surface area contributed by atoms with Crippen LogP contribution in [0.1, 0.15) is 20.3 Å². The lowest BCUT2D eigenvalue weighted by molar-refractivity contribution is -0.123. The summed E-state index contributed by atoms with van der Waals surface area (Å²) < 4.78 is 4.42. The second-order valence-corrected chi connectivity index (χ2v) is 3.27. The van der Waals surface area contributed by atoms with Gasteiger partial charge in [0.1, 0.15) is 0 Å². The van der Waals surface area contributed by atoms with E-state index in [2.05, 4.69) is 16.6 Å². The molecule has 1 amide bonds. The van der Waals surface area contributed by atoms with Crippen LogP contribution in [-0.2, 0) is 9.53 Å². The third-order valence-corrected chi connectivity index (χ3v) is 1.79. The van der Waals surface area contributed by atoms with Crippen molar-refractivity contribution >= 4 is 11.9 Å². The van der Waals surface area contributed by atoms with Gasteiger partial charge in [-0.15, -0.1) is 6.58 Å². The van der Waals surface area contributed by atoms with E-state index in [1.807, 2.05) is 0 Å². The second kappa shape index (κ2) is 6.18. The number of ketones is 1. The van der Waals surface area contributed by atoms with E-state index in [0.29, 0.717) is 6.42 Å². The minimum atomic E-state index is -0.592. The molecule has 0 fully saturated rings. The molecule has 0 aromatic carbocycles. The quantitative estimate of drug-likeness (QED) is 0.683. The van der Waals surface area contributed by atoms with Crippen LogP contribution in [-0.4, -0.2) is 25.0 Å². The van der Waals surface area contributed by atoms with Crippen molar-refractivity contribution in [3.63, 3.8) is 0 Å². The molecule has 0 radical (unpaired) electrons. The predicted molar refractivity (Wildman–Crippen MR) is 54.0 cm³/mol. The fourth-order valence-electron chi connectivity index (χ4n) is 1.02. The highest BCUT2D eigenvalue weighted by atomic mass is 16.5. The third-order valence-electron chi connectivity index (χ3n) is 1.79. The molecule has 4 nitrogen and oxygen atoms in total. The van der Waals surface area contributed by atoms with Gasteiger partial charge in [0.2, 0.25) is 0 Å². The zero-order valence-corrected chi connectivity index (χ0v) is 8.87. The van der Waals surface area contributed by atoms with E-state index in [1.165, 1.54) is 7.11 Å². The fourth-order valence-corrected chi connectivity index (χ4v) is 1.02. The van der Waals surface area contributed by atoms with E-state index >= 15 is 0 Å². The minimum Gasteiger partial charge on any atom is -0.453 e. The van der Waals surface area contributed by atoms with Crippen LogP contribution in [0.3, 0.4) is 0 Å². The Labute approximate surface area is 84.3 Å². The first-order chi connectivity index (χ1) is 6.52. The van der Waals surface area contributed by atoms with Crippen LogP contribution in [0.15, 0.2) is 12.7 Å². The van der Waals surface area contributed by atoms with E-state index in [1.54, 1.807) is 19.9 Å². The van der Waals surface area contributed by atoms with Crippen molar-refractivity contribution in [1.29, 1.82) is 0 Å². The number of amides is 1. The Morgan fingerprint density at radius 2 is 2.07 bits per heavy atom. The molecule has 1 atom stereocenters. The average molecular weight is 199 g/mol. The van der Waals surface area contributed by atoms with Gasteiger partial charge in [0.15, 0.2) is 5.78 Å². The summed E-state index contributed by atoms with van der Waals surface area (Å²) >= 11 is 0. The largest absolute Gasteiger partial charge is 0.453 e. The normalized spacial score (nSPS) is 12.0. The highest BCUT2D eigenvalue weighted by molar-refractivity contribution is 5.88. The lowest BCUT2D eigenvalue weighted by Gasteiger charge is -2.16. The molecule has 80 valence electrons. The molecular formula is C10H17NO3. The number of hydrogen-bond acceptors (Lipinski definition) is 3. The zero-order valence-electron chi connectivity index (χ0n) is 8.87. The number of rotatable bonds is 5. The Bertz CT molecular complexity index is 223. The zero-order chi connectivity index (χ0) is 11.1. The SMILES string of the molecule is C=CC[C@H](NC(=O)OC)C(=O)C(C)C. The van der Waals surface area contributed by atoms with Crippen molar-refractivity contribution in [2.24, 2.45) is 5.92 Å². The Balaban J connectivity index is 4.35. The van der Waals surface area contributed by atoms with Crippen molar-refractivity contribution in [2.75, 3.05) is 7.11 Å². The maximum atomic E-state index is 11.6. The van der Waals surface area contributed by atoms with E-state index in [0.717, 1.165) is 0 Å². The number of Topliss-reactive ketones (excluding diaryl/α,β-unsaturated/α-hetero) is 1. The molecule has 0 spiro atoms. The van der Waals surface area contributed by atoms with Crippen molar-refractivity contribution in [3.05, 3.63) is 12.7 Å². The van der Waals surface area contributed by atoms with Crippen molar-refractivity contribution in [2.45, 2.75) is 26.3 Å². The number of ether oxygens (including phenoxy) is 1.